The van der Waals surface area contributed by atoms with Crippen LogP contribution < -0.4 is 5.32 Å². The van der Waals surface area contributed by atoms with Crippen molar-refractivity contribution < 1.29 is 19.4 Å². The summed E-state index contributed by atoms with van der Waals surface area (Å²) in [7, 11) is 0. The fourth-order valence-corrected chi connectivity index (χ4v) is 3.12. The Kier molecular flexibility index (Phi) is 6.02. The van der Waals surface area contributed by atoms with E-state index in [9.17, 15) is 14.7 Å². The SMILES string of the molecule is CC(C)(C)OC(=O)NCCc1c(C(=O)O)nnn1Cc1sccc1Cl. The van der Waals surface area contributed by atoms with Crippen molar-refractivity contribution in [2.45, 2.75) is 39.3 Å². The van der Waals surface area contributed by atoms with Crippen molar-refractivity contribution in [3.63, 3.8) is 0 Å². The number of nitrogens with zero attached hydrogens (tertiary/aromatic N) is 3. The Balaban J connectivity index is 2.07. The van der Waals surface area contributed by atoms with Crippen molar-refractivity contribution in [3.05, 3.63) is 32.7 Å². The molecule has 0 spiro atoms. The summed E-state index contributed by atoms with van der Waals surface area (Å²) >= 11 is 7.53. The number of aromatic carboxylic acids is 1. The molecule has 0 unspecified atom stereocenters. The van der Waals surface area contributed by atoms with Gasteiger partial charge in [-0.2, -0.15) is 0 Å². The number of nitrogens with one attached hydrogen (secondary N) is 1. The molecule has 0 bridgehead atoms. The van der Waals surface area contributed by atoms with Crippen LogP contribution in [-0.4, -0.2) is 44.3 Å². The summed E-state index contributed by atoms with van der Waals surface area (Å²) in [6.07, 6.45) is -0.318. The molecule has 2 rings (SSSR count). The quantitative estimate of drug-likeness (QED) is 0.790. The molecule has 0 fully saturated rings. The minimum Gasteiger partial charge on any atom is -0.476 e. The molecule has 2 N–H and O–H groups in total. The molecule has 8 nitrogen and oxygen atoms in total. The summed E-state index contributed by atoms with van der Waals surface area (Å²) in [5.74, 6) is -1.17. The van der Waals surface area contributed by atoms with Crippen LogP contribution in [0.25, 0.3) is 0 Å². The summed E-state index contributed by atoms with van der Waals surface area (Å²) in [6, 6.07) is 1.76. The van der Waals surface area contributed by atoms with Crippen LogP contribution in [0.3, 0.4) is 0 Å². The van der Waals surface area contributed by atoms with Crippen molar-refractivity contribution >= 4 is 35.0 Å². The number of halogens is 1. The molecule has 0 aliphatic heterocycles. The number of aromatic nitrogens is 3. The fourth-order valence-electron chi connectivity index (χ4n) is 2.04. The topological polar surface area (TPSA) is 106 Å². The van der Waals surface area contributed by atoms with Gasteiger partial charge in [-0.25, -0.2) is 14.3 Å². The molecule has 0 saturated heterocycles. The van der Waals surface area contributed by atoms with Crippen LogP contribution in [-0.2, 0) is 17.7 Å². The number of carboxylic acid groups (broad SMARTS) is 1. The highest BCUT2D eigenvalue weighted by atomic mass is 35.5. The lowest BCUT2D eigenvalue weighted by Crippen LogP contribution is -2.34. The average molecular weight is 387 g/mol. The van der Waals surface area contributed by atoms with Crippen LogP contribution in [0, 0.1) is 0 Å². The third-order valence-electron chi connectivity index (χ3n) is 3.05. The van der Waals surface area contributed by atoms with Gasteiger partial charge < -0.3 is 15.2 Å². The predicted molar refractivity (Wildman–Crippen MR) is 93.4 cm³/mol. The number of carboxylic acids is 1. The van der Waals surface area contributed by atoms with Gasteiger partial charge in [0.05, 0.1) is 17.3 Å². The molecule has 0 aliphatic rings. The largest absolute Gasteiger partial charge is 0.476 e. The van der Waals surface area contributed by atoms with Gasteiger partial charge >= 0.3 is 12.1 Å². The standard InChI is InChI=1S/C15H19ClN4O4S/c1-15(2,3)24-14(23)17-6-4-10-12(13(21)22)18-19-20(10)8-11-9(16)5-7-25-11/h5,7H,4,6,8H2,1-3H3,(H,17,23)(H,21,22). The highest BCUT2D eigenvalue weighted by Crippen LogP contribution is 2.23. The van der Waals surface area contributed by atoms with Gasteiger partial charge in [-0.1, -0.05) is 16.8 Å². The zero-order valence-corrected chi connectivity index (χ0v) is 15.6. The van der Waals surface area contributed by atoms with E-state index < -0.39 is 17.7 Å². The van der Waals surface area contributed by atoms with E-state index in [4.69, 9.17) is 16.3 Å². The van der Waals surface area contributed by atoms with Crippen LogP contribution in [0.5, 0.6) is 0 Å². The lowest BCUT2D eigenvalue weighted by atomic mass is 10.2. The third-order valence-corrected chi connectivity index (χ3v) is 4.43. The predicted octanol–water partition coefficient (Wildman–Crippen LogP) is 2.81. The van der Waals surface area contributed by atoms with Crippen LogP contribution in [0.15, 0.2) is 11.4 Å². The van der Waals surface area contributed by atoms with E-state index in [1.165, 1.54) is 16.0 Å². The van der Waals surface area contributed by atoms with Gasteiger partial charge in [0.1, 0.15) is 5.60 Å². The Bertz CT molecular complexity index is 766. The molecule has 0 saturated carbocycles. The average Bonchev–Trinajstić information content (AvgIpc) is 3.05. The lowest BCUT2D eigenvalue weighted by Gasteiger charge is -2.19. The van der Waals surface area contributed by atoms with E-state index in [0.29, 0.717) is 17.3 Å². The molecule has 2 aromatic heterocycles. The maximum Gasteiger partial charge on any atom is 0.407 e. The monoisotopic (exact) mass is 386 g/mol. The van der Waals surface area contributed by atoms with Crippen LogP contribution in [0.1, 0.15) is 41.8 Å². The smallest absolute Gasteiger partial charge is 0.407 e. The van der Waals surface area contributed by atoms with Gasteiger partial charge in [-0.15, -0.1) is 16.4 Å². The Labute approximate surface area is 153 Å². The first-order valence-corrected chi connectivity index (χ1v) is 8.77. The molecule has 0 radical (unpaired) electrons. The minimum atomic E-state index is -1.17. The van der Waals surface area contributed by atoms with Gasteiger partial charge in [0.2, 0.25) is 0 Å². The zero-order valence-electron chi connectivity index (χ0n) is 14.1. The van der Waals surface area contributed by atoms with Gasteiger partial charge in [-0.05, 0) is 32.2 Å². The van der Waals surface area contributed by atoms with Crippen LogP contribution in [0.2, 0.25) is 5.02 Å². The van der Waals surface area contributed by atoms with Crippen molar-refractivity contribution in [2.24, 2.45) is 0 Å². The van der Waals surface area contributed by atoms with E-state index in [0.717, 1.165) is 4.88 Å². The molecular weight excluding hydrogens is 368 g/mol. The Hall–Kier alpha value is -2.13. The number of thiophene rings is 1. The van der Waals surface area contributed by atoms with Crippen molar-refractivity contribution in [2.75, 3.05) is 6.54 Å². The second-order valence-electron chi connectivity index (χ2n) is 6.22. The summed E-state index contributed by atoms with van der Waals surface area (Å²) in [6.45, 7) is 5.80. The normalized spacial score (nSPS) is 11.4. The first kappa shape index (κ1) is 19.2. The maximum absolute atomic E-state index is 11.7. The van der Waals surface area contributed by atoms with E-state index in [-0.39, 0.29) is 18.7 Å². The first-order valence-electron chi connectivity index (χ1n) is 7.52. The highest BCUT2D eigenvalue weighted by Gasteiger charge is 2.21. The summed E-state index contributed by atoms with van der Waals surface area (Å²) in [4.78, 5) is 23.9. The number of hydrogen-bond donors (Lipinski definition) is 2. The number of hydrogen-bond acceptors (Lipinski definition) is 6. The summed E-state index contributed by atoms with van der Waals surface area (Å²) in [5.41, 5.74) is -0.332. The molecule has 136 valence electrons. The lowest BCUT2D eigenvalue weighted by molar-refractivity contribution is 0.0528. The molecule has 0 atom stereocenters. The number of ether oxygens (including phenoxy) is 1. The van der Waals surface area contributed by atoms with E-state index in [2.05, 4.69) is 15.6 Å². The summed E-state index contributed by atoms with van der Waals surface area (Å²) in [5, 5.41) is 21.9. The molecule has 10 heteroatoms. The zero-order chi connectivity index (χ0) is 18.6. The van der Waals surface area contributed by atoms with Crippen LogP contribution in [0.4, 0.5) is 4.79 Å². The minimum absolute atomic E-state index is 0.140. The van der Waals surface area contributed by atoms with E-state index in [1.807, 2.05) is 5.38 Å². The van der Waals surface area contributed by atoms with Crippen LogP contribution >= 0.6 is 22.9 Å². The fraction of sp³-hybridized carbons (Fsp3) is 0.467. The third kappa shape index (κ3) is 5.43. The number of amides is 1. The van der Waals surface area contributed by atoms with E-state index >= 15 is 0 Å². The van der Waals surface area contributed by atoms with Gasteiger partial charge in [-0.3, -0.25) is 0 Å². The van der Waals surface area contributed by atoms with Crippen molar-refractivity contribution in [1.82, 2.24) is 20.3 Å². The summed E-state index contributed by atoms with van der Waals surface area (Å²) < 4.78 is 6.63. The highest BCUT2D eigenvalue weighted by molar-refractivity contribution is 7.10. The first-order chi connectivity index (χ1) is 11.7. The molecular formula is C15H19ClN4O4S. The molecule has 2 heterocycles. The van der Waals surface area contributed by atoms with Crippen molar-refractivity contribution in [3.8, 4) is 0 Å². The van der Waals surface area contributed by atoms with Crippen molar-refractivity contribution in [1.29, 1.82) is 0 Å². The second-order valence-corrected chi connectivity index (χ2v) is 7.63. The Morgan fingerprint density at radius 3 is 2.72 bits per heavy atom. The maximum atomic E-state index is 11.7. The van der Waals surface area contributed by atoms with Gasteiger partial charge in [0, 0.05) is 17.8 Å². The molecule has 25 heavy (non-hydrogen) atoms. The number of carbonyl (C=O) groups excluding carboxylic acids is 1. The van der Waals surface area contributed by atoms with Gasteiger partial charge in [0.15, 0.2) is 5.69 Å². The number of rotatable bonds is 6. The molecule has 1 amide bonds. The van der Waals surface area contributed by atoms with Gasteiger partial charge in [0.25, 0.3) is 0 Å². The second kappa shape index (κ2) is 7.83. The molecule has 0 aromatic carbocycles. The Morgan fingerprint density at radius 1 is 1.44 bits per heavy atom. The number of alkyl carbamates (subject to hydrolysis) is 1. The number of carbonyl (C=O) groups is 2. The van der Waals surface area contributed by atoms with E-state index in [1.54, 1.807) is 26.8 Å². The molecule has 0 aliphatic carbocycles. The molecule has 2 aromatic rings. The Morgan fingerprint density at radius 2 is 2.16 bits per heavy atom.